The van der Waals surface area contributed by atoms with Crippen molar-refractivity contribution in [1.29, 1.82) is 0 Å². The Balaban J connectivity index is 2.31. The number of Topliss-reactive ketones (excluding diaryl/α,β-unsaturated/α-hetero) is 1. The Morgan fingerprint density at radius 2 is 2.22 bits per heavy atom. The Bertz CT molecular complexity index is 501. The molecule has 0 aliphatic carbocycles. The summed E-state index contributed by atoms with van der Waals surface area (Å²) in [6.45, 7) is 6.53. The van der Waals surface area contributed by atoms with Gasteiger partial charge in [-0.1, -0.05) is 24.2 Å². The Morgan fingerprint density at radius 1 is 1.50 bits per heavy atom. The molecule has 1 aliphatic rings. The number of hydrogen-bond donors (Lipinski definition) is 1. The van der Waals surface area contributed by atoms with Crippen molar-refractivity contribution in [3.63, 3.8) is 0 Å². The Kier molecular flexibility index (Phi) is 3.83. The lowest BCUT2D eigenvalue weighted by molar-refractivity contribution is -0.119. The molecule has 1 aromatic rings. The lowest BCUT2D eigenvalue weighted by atomic mass is 9.84. The van der Waals surface area contributed by atoms with Crippen LogP contribution in [0.4, 0.5) is 4.39 Å². The summed E-state index contributed by atoms with van der Waals surface area (Å²) >= 11 is 5.74. The number of rotatable bonds is 3. The van der Waals surface area contributed by atoms with Gasteiger partial charge < -0.3 is 5.32 Å². The van der Waals surface area contributed by atoms with Crippen molar-refractivity contribution in [3.8, 4) is 0 Å². The molecule has 4 heteroatoms. The number of hydrogen-bond acceptors (Lipinski definition) is 2. The van der Waals surface area contributed by atoms with Crippen molar-refractivity contribution in [2.24, 2.45) is 5.92 Å². The van der Waals surface area contributed by atoms with Crippen LogP contribution < -0.4 is 5.32 Å². The van der Waals surface area contributed by atoms with Crippen molar-refractivity contribution in [2.45, 2.75) is 12.8 Å². The highest BCUT2D eigenvalue weighted by molar-refractivity contribution is 6.30. The highest BCUT2D eigenvalue weighted by atomic mass is 35.5. The molecule has 0 aromatic heterocycles. The molecular formula is C14H15ClFNO. The van der Waals surface area contributed by atoms with Crippen LogP contribution in [0.1, 0.15) is 18.4 Å². The van der Waals surface area contributed by atoms with Crippen molar-refractivity contribution in [1.82, 2.24) is 5.32 Å². The van der Waals surface area contributed by atoms with Crippen molar-refractivity contribution >= 4 is 17.4 Å². The molecule has 1 aliphatic heterocycles. The maximum absolute atomic E-state index is 13.9. The third-order valence-corrected chi connectivity index (χ3v) is 3.57. The first-order valence-electron chi connectivity index (χ1n) is 5.86. The van der Waals surface area contributed by atoms with Crippen LogP contribution in [0.3, 0.4) is 0 Å². The van der Waals surface area contributed by atoms with E-state index < -0.39 is 0 Å². The van der Waals surface area contributed by atoms with E-state index in [1.807, 2.05) is 0 Å². The predicted molar refractivity (Wildman–Crippen MR) is 70.3 cm³/mol. The zero-order valence-corrected chi connectivity index (χ0v) is 10.9. The number of nitrogens with one attached hydrogen (secondary N) is 1. The molecule has 0 amide bonds. The van der Waals surface area contributed by atoms with Gasteiger partial charge in [-0.15, -0.1) is 0 Å². The van der Waals surface area contributed by atoms with Gasteiger partial charge in [0, 0.05) is 29.9 Å². The monoisotopic (exact) mass is 267 g/mol. The number of carbonyl (C=O) groups excluding carboxylic acids is 1. The van der Waals surface area contributed by atoms with Gasteiger partial charge in [-0.2, -0.15) is 0 Å². The average molecular weight is 268 g/mol. The van der Waals surface area contributed by atoms with Crippen LogP contribution in [-0.4, -0.2) is 18.9 Å². The predicted octanol–water partition coefficient (Wildman–Crippen LogP) is 2.93. The first-order valence-corrected chi connectivity index (χ1v) is 6.24. The van der Waals surface area contributed by atoms with E-state index in [-0.39, 0.29) is 23.4 Å². The second-order valence-electron chi connectivity index (χ2n) is 4.68. The number of carbonyl (C=O) groups is 1. The molecule has 18 heavy (non-hydrogen) atoms. The molecule has 2 nitrogen and oxygen atoms in total. The summed E-state index contributed by atoms with van der Waals surface area (Å²) in [4.78, 5) is 12.0. The minimum Gasteiger partial charge on any atom is -0.315 e. The summed E-state index contributed by atoms with van der Waals surface area (Å²) < 4.78 is 13.9. The van der Waals surface area contributed by atoms with Crippen LogP contribution in [-0.2, 0) is 4.79 Å². The molecule has 1 fully saturated rings. The van der Waals surface area contributed by atoms with Crippen LogP contribution in [0.25, 0.3) is 0 Å². The molecule has 1 heterocycles. The molecule has 0 spiro atoms. The van der Waals surface area contributed by atoms with Gasteiger partial charge in [0.15, 0.2) is 5.78 Å². The van der Waals surface area contributed by atoms with Crippen LogP contribution >= 0.6 is 11.6 Å². The molecule has 0 saturated carbocycles. The maximum atomic E-state index is 13.9. The zero-order valence-electron chi connectivity index (χ0n) is 10.2. The first-order chi connectivity index (χ1) is 8.50. The van der Waals surface area contributed by atoms with Gasteiger partial charge in [0.05, 0.1) is 0 Å². The fourth-order valence-corrected chi connectivity index (χ4v) is 2.56. The SMILES string of the molecule is C=C(C)C(=O)[C@H]1CNC[C@@H]1c1ccc(Cl)cc1F. The standard InChI is InChI=1S/C14H15ClFNO/c1-8(2)14(18)12-7-17-6-11(12)10-4-3-9(15)5-13(10)16/h3-5,11-12,17H,1,6-7H2,2H3/t11-,12+/m1/s1. The fraction of sp³-hybridized carbons (Fsp3) is 0.357. The van der Waals surface area contributed by atoms with Gasteiger partial charge in [0.1, 0.15) is 5.82 Å². The molecular weight excluding hydrogens is 253 g/mol. The minimum absolute atomic E-state index is 0.000602. The Labute approximate surface area is 111 Å². The number of benzene rings is 1. The molecule has 96 valence electrons. The van der Waals surface area contributed by atoms with E-state index in [1.54, 1.807) is 19.1 Å². The molecule has 2 rings (SSSR count). The highest BCUT2D eigenvalue weighted by Gasteiger charge is 2.35. The first kappa shape index (κ1) is 13.2. The second kappa shape index (κ2) is 5.21. The molecule has 1 N–H and O–H groups in total. The second-order valence-corrected chi connectivity index (χ2v) is 5.12. The molecule has 2 atom stereocenters. The summed E-state index contributed by atoms with van der Waals surface area (Å²) in [6, 6.07) is 4.60. The smallest absolute Gasteiger partial charge is 0.162 e. The van der Waals surface area contributed by atoms with E-state index in [4.69, 9.17) is 11.6 Å². The maximum Gasteiger partial charge on any atom is 0.162 e. The summed E-state index contributed by atoms with van der Waals surface area (Å²) in [6.07, 6.45) is 0. The molecule has 0 bridgehead atoms. The Morgan fingerprint density at radius 3 is 2.83 bits per heavy atom. The highest BCUT2D eigenvalue weighted by Crippen LogP contribution is 2.32. The molecule has 0 radical (unpaired) electrons. The number of ketones is 1. The van der Waals surface area contributed by atoms with Gasteiger partial charge in [0.25, 0.3) is 0 Å². The van der Waals surface area contributed by atoms with Crippen molar-refractivity contribution in [2.75, 3.05) is 13.1 Å². The lowest BCUT2D eigenvalue weighted by Crippen LogP contribution is -2.22. The third-order valence-electron chi connectivity index (χ3n) is 3.33. The average Bonchev–Trinajstić information content (AvgIpc) is 2.76. The molecule has 1 aromatic carbocycles. The van der Waals surface area contributed by atoms with E-state index in [1.165, 1.54) is 6.07 Å². The largest absolute Gasteiger partial charge is 0.315 e. The number of allylic oxidation sites excluding steroid dienone is 1. The van der Waals surface area contributed by atoms with Gasteiger partial charge in [-0.05, 0) is 30.2 Å². The molecule has 1 saturated heterocycles. The van der Waals surface area contributed by atoms with Crippen LogP contribution in [0.15, 0.2) is 30.4 Å². The third kappa shape index (κ3) is 2.47. The summed E-state index contributed by atoms with van der Waals surface area (Å²) in [5, 5.41) is 3.50. The summed E-state index contributed by atoms with van der Waals surface area (Å²) in [5.41, 5.74) is 1.06. The van der Waals surface area contributed by atoms with Crippen LogP contribution in [0.5, 0.6) is 0 Å². The van der Waals surface area contributed by atoms with Crippen LogP contribution in [0.2, 0.25) is 5.02 Å². The van der Waals surface area contributed by atoms with E-state index >= 15 is 0 Å². The minimum atomic E-state index is -0.351. The van der Waals surface area contributed by atoms with Crippen molar-refractivity contribution < 1.29 is 9.18 Å². The van der Waals surface area contributed by atoms with E-state index in [9.17, 15) is 9.18 Å². The normalized spacial score (nSPS) is 23.1. The van der Waals surface area contributed by atoms with Gasteiger partial charge >= 0.3 is 0 Å². The summed E-state index contributed by atoms with van der Waals surface area (Å²) in [7, 11) is 0. The van der Waals surface area contributed by atoms with E-state index in [0.717, 1.165) is 0 Å². The van der Waals surface area contributed by atoms with E-state index in [2.05, 4.69) is 11.9 Å². The topological polar surface area (TPSA) is 29.1 Å². The quantitative estimate of drug-likeness (QED) is 0.853. The summed E-state index contributed by atoms with van der Waals surface area (Å²) in [5.74, 6) is -0.736. The van der Waals surface area contributed by atoms with Gasteiger partial charge in [-0.3, -0.25) is 4.79 Å². The van der Waals surface area contributed by atoms with Crippen molar-refractivity contribution in [3.05, 3.63) is 46.8 Å². The lowest BCUT2D eigenvalue weighted by Gasteiger charge is -2.18. The number of halogens is 2. The van der Waals surface area contributed by atoms with Gasteiger partial charge in [0.2, 0.25) is 0 Å². The van der Waals surface area contributed by atoms with Gasteiger partial charge in [-0.25, -0.2) is 4.39 Å². The van der Waals surface area contributed by atoms with E-state index in [0.29, 0.717) is 29.2 Å². The Hall–Kier alpha value is -1.19. The van der Waals surface area contributed by atoms with Crippen LogP contribution in [0, 0.1) is 11.7 Å². The fourth-order valence-electron chi connectivity index (χ4n) is 2.40. The molecule has 0 unspecified atom stereocenters. The zero-order chi connectivity index (χ0) is 13.3.